The molecule has 1 N–H and O–H groups in total. The topological polar surface area (TPSA) is 59.8 Å². The Kier molecular flexibility index (Phi) is 3.48. The lowest BCUT2D eigenvalue weighted by Gasteiger charge is -2.18. The molecule has 0 amide bonds. The molecule has 2 aromatic heterocycles. The molecule has 22 heavy (non-hydrogen) atoms. The lowest BCUT2D eigenvalue weighted by molar-refractivity contribution is 0.644. The Balaban J connectivity index is 2.48. The summed E-state index contributed by atoms with van der Waals surface area (Å²) in [7, 11) is 0. The van der Waals surface area contributed by atoms with E-state index in [1.54, 1.807) is 4.57 Å². The molecule has 3 aromatic rings. The maximum absolute atomic E-state index is 12.3. The highest BCUT2D eigenvalue weighted by Gasteiger charge is 2.19. The van der Waals surface area contributed by atoms with Crippen LogP contribution in [0.1, 0.15) is 32.3 Å². The van der Waals surface area contributed by atoms with Crippen molar-refractivity contribution in [3.63, 3.8) is 0 Å². The van der Waals surface area contributed by atoms with Gasteiger partial charge in [0, 0.05) is 12.7 Å². The summed E-state index contributed by atoms with van der Waals surface area (Å²) in [6, 6.07) is 9.93. The van der Waals surface area contributed by atoms with Gasteiger partial charge in [-0.25, -0.2) is 4.79 Å². The van der Waals surface area contributed by atoms with Gasteiger partial charge < -0.3 is 4.57 Å². The Hall–Kier alpha value is -2.56. The van der Waals surface area contributed by atoms with Gasteiger partial charge >= 0.3 is 5.69 Å². The number of aromatic amines is 1. The van der Waals surface area contributed by atoms with Crippen molar-refractivity contribution < 1.29 is 0 Å². The van der Waals surface area contributed by atoms with Crippen molar-refractivity contribution in [1.82, 2.24) is 14.1 Å². The molecule has 1 aromatic carbocycles. The summed E-state index contributed by atoms with van der Waals surface area (Å²) in [6.45, 7) is 6.32. The van der Waals surface area contributed by atoms with E-state index in [-0.39, 0.29) is 17.2 Å². The average Bonchev–Trinajstić information content (AvgIpc) is 2.89. The van der Waals surface area contributed by atoms with Gasteiger partial charge in [-0.15, -0.1) is 0 Å². The Morgan fingerprint density at radius 1 is 1.14 bits per heavy atom. The molecule has 0 spiro atoms. The van der Waals surface area contributed by atoms with E-state index < -0.39 is 0 Å². The Bertz CT molecular complexity index is 944. The number of benzene rings is 1. The molecule has 114 valence electrons. The molecule has 5 heteroatoms. The molecule has 0 aliphatic carbocycles. The minimum Gasteiger partial charge on any atom is -0.302 e. The van der Waals surface area contributed by atoms with Crippen LogP contribution in [0.5, 0.6) is 0 Å². The monoisotopic (exact) mass is 297 g/mol. The van der Waals surface area contributed by atoms with Gasteiger partial charge in [-0.3, -0.25) is 14.3 Å². The van der Waals surface area contributed by atoms with Gasteiger partial charge in [-0.05, 0) is 30.4 Å². The molecule has 0 fully saturated rings. The molecular weight excluding hydrogens is 278 g/mol. The van der Waals surface area contributed by atoms with Crippen LogP contribution in [-0.4, -0.2) is 14.1 Å². The van der Waals surface area contributed by atoms with Gasteiger partial charge in [-0.1, -0.05) is 32.0 Å². The van der Waals surface area contributed by atoms with Gasteiger partial charge in [0.05, 0.1) is 11.1 Å². The van der Waals surface area contributed by atoms with Crippen LogP contribution in [0.15, 0.2) is 46.1 Å². The fourth-order valence-electron chi connectivity index (χ4n) is 2.92. The van der Waals surface area contributed by atoms with E-state index in [2.05, 4.69) is 4.98 Å². The summed E-state index contributed by atoms with van der Waals surface area (Å²) in [5, 5.41) is 1.08. The number of H-pyrrole nitrogens is 1. The van der Waals surface area contributed by atoms with Crippen molar-refractivity contribution in [2.75, 3.05) is 0 Å². The number of aromatic nitrogens is 3. The molecule has 3 rings (SSSR count). The summed E-state index contributed by atoms with van der Waals surface area (Å²) in [4.78, 5) is 26.9. The zero-order chi connectivity index (χ0) is 15.9. The van der Waals surface area contributed by atoms with Crippen LogP contribution in [0.25, 0.3) is 16.7 Å². The van der Waals surface area contributed by atoms with Crippen LogP contribution >= 0.6 is 0 Å². The maximum Gasteiger partial charge on any atom is 0.329 e. The summed E-state index contributed by atoms with van der Waals surface area (Å²) in [5.74, 6) is 0.672. The first-order chi connectivity index (χ1) is 10.5. The summed E-state index contributed by atoms with van der Waals surface area (Å²) >= 11 is 0. The van der Waals surface area contributed by atoms with Crippen molar-refractivity contribution in [2.24, 2.45) is 0 Å². The number of nitrogens with one attached hydrogen (secondary N) is 1. The van der Waals surface area contributed by atoms with Crippen molar-refractivity contribution >= 4 is 10.9 Å². The van der Waals surface area contributed by atoms with Crippen molar-refractivity contribution in [3.8, 4) is 5.82 Å². The third-order valence-corrected chi connectivity index (χ3v) is 3.93. The summed E-state index contributed by atoms with van der Waals surface area (Å²) in [5.41, 5.74) is 0.932. The predicted octanol–water partition coefficient (Wildman–Crippen LogP) is 2.62. The van der Waals surface area contributed by atoms with Crippen LogP contribution in [0, 0.1) is 0 Å². The molecule has 0 aliphatic rings. The first-order valence-electron chi connectivity index (χ1n) is 7.48. The molecule has 0 aliphatic heterocycles. The second-order valence-corrected chi connectivity index (χ2v) is 5.64. The third-order valence-electron chi connectivity index (χ3n) is 3.93. The second-order valence-electron chi connectivity index (χ2n) is 5.64. The second kappa shape index (κ2) is 5.33. The minimum atomic E-state index is -0.371. The SMILES string of the molecule is CCn1c(-n2ccc3ccccc32)c(C(C)C)c(=O)[nH]c1=O. The van der Waals surface area contributed by atoms with Crippen molar-refractivity contribution in [3.05, 3.63) is 62.9 Å². The molecule has 2 heterocycles. The van der Waals surface area contributed by atoms with Crippen molar-refractivity contribution in [1.29, 1.82) is 0 Å². The zero-order valence-electron chi connectivity index (χ0n) is 13.0. The van der Waals surface area contributed by atoms with Crippen LogP contribution < -0.4 is 11.2 Å². The molecule has 5 nitrogen and oxygen atoms in total. The summed E-state index contributed by atoms with van der Waals surface area (Å²) < 4.78 is 3.55. The largest absolute Gasteiger partial charge is 0.329 e. The number of fused-ring (bicyclic) bond motifs is 1. The lowest BCUT2D eigenvalue weighted by atomic mass is 10.1. The zero-order valence-corrected chi connectivity index (χ0v) is 13.0. The van der Waals surface area contributed by atoms with Gasteiger partial charge in [-0.2, -0.15) is 0 Å². The van der Waals surface area contributed by atoms with E-state index in [0.717, 1.165) is 10.9 Å². The van der Waals surface area contributed by atoms with Gasteiger partial charge in [0.2, 0.25) is 0 Å². The third kappa shape index (κ3) is 2.09. The molecule has 0 atom stereocenters. The van der Waals surface area contributed by atoms with Crippen LogP contribution in [-0.2, 0) is 6.54 Å². The van der Waals surface area contributed by atoms with Crippen LogP contribution in [0.3, 0.4) is 0 Å². The Morgan fingerprint density at radius 2 is 1.86 bits per heavy atom. The predicted molar refractivity (Wildman–Crippen MR) is 87.9 cm³/mol. The summed E-state index contributed by atoms with van der Waals surface area (Å²) in [6.07, 6.45) is 1.91. The van der Waals surface area contributed by atoms with Gasteiger partial charge in [0.1, 0.15) is 5.82 Å². The van der Waals surface area contributed by atoms with Crippen molar-refractivity contribution in [2.45, 2.75) is 33.2 Å². The maximum atomic E-state index is 12.3. The first kappa shape index (κ1) is 14.4. The molecule has 0 saturated heterocycles. The van der Waals surface area contributed by atoms with E-state index in [4.69, 9.17) is 0 Å². The average molecular weight is 297 g/mol. The lowest BCUT2D eigenvalue weighted by Crippen LogP contribution is -2.35. The minimum absolute atomic E-state index is 0.0123. The molecule has 0 bridgehead atoms. The molecule has 0 unspecified atom stereocenters. The van der Waals surface area contributed by atoms with E-state index in [9.17, 15) is 9.59 Å². The fourth-order valence-corrected chi connectivity index (χ4v) is 2.92. The molecular formula is C17H19N3O2. The number of para-hydroxylation sites is 1. The number of nitrogens with zero attached hydrogens (tertiary/aromatic N) is 2. The van der Waals surface area contributed by atoms with E-state index in [1.165, 1.54) is 0 Å². The van der Waals surface area contributed by atoms with Crippen LogP contribution in [0.4, 0.5) is 0 Å². The molecule has 0 saturated carbocycles. The van der Waals surface area contributed by atoms with Crippen LogP contribution in [0.2, 0.25) is 0 Å². The van der Waals surface area contributed by atoms with E-state index >= 15 is 0 Å². The Morgan fingerprint density at radius 3 is 2.55 bits per heavy atom. The fraction of sp³-hybridized carbons (Fsp3) is 0.294. The van der Waals surface area contributed by atoms with E-state index in [0.29, 0.717) is 17.9 Å². The van der Waals surface area contributed by atoms with E-state index in [1.807, 2.05) is 61.9 Å². The normalized spacial score (nSPS) is 11.5. The quantitative estimate of drug-likeness (QED) is 0.808. The Labute approximate surface area is 127 Å². The number of rotatable bonds is 3. The number of hydrogen-bond donors (Lipinski definition) is 1. The highest BCUT2D eigenvalue weighted by molar-refractivity contribution is 5.81. The first-order valence-corrected chi connectivity index (χ1v) is 7.48. The highest BCUT2D eigenvalue weighted by atomic mass is 16.2. The highest BCUT2D eigenvalue weighted by Crippen LogP contribution is 2.24. The van der Waals surface area contributed by atoms with Gasteiger partial charge in [0.25, 0.3) is 5.56 Å². The standard InChI is InChI=1S/C17H19N3O2/c1-4-19-16(14(11(2)3)15(21)18-17(19)22)20-10-9-12-7-5-6-8-13(12)20/h5-11H,4H2,1-3H3,(H,18,21,22). The molecule has 0 radical (unpaired) electrons. The smallest absolute Gasteiger partial charge is 0.302 e. The number of hydrogen-bond acceptors (Lipinski definition) is 2. The van der Waals surface area contributed by atoms with Gasteiger partial charge in [0.15, 0.2) is 0 Å².